The summed E-state index contributed by atoms with van der Waals surface area (Å²) in [4.78, 5) is 30.1. The maximum atomic E-state index is 9.38. The zero-order chi connectivity index (χ0) is 18.1. The highest BCUT2D eigenvalue weighted by atomic mass is 31.2. The minimum atomic E-state index is -2.56. The topological polar surface area (TPSA) is 117 Å². The molecule has 0 spiro atoms. The van der Waals surface area contributed by atoms with Gasteiger partial charge in [-0.3, -0.25) is 10.1 Å². The van der Waals surface area contributed by atoms with Crippen molar-refractivity contribution in [3.8, 4) is 17.1 Å². The Bertz CT molecular complexity index is 905. The van der Waals surface area contributed by atoms with Crippen molar-refractivity contribution in [1.29, 1.82) is 0 Å². The van der Waals surface area contributed by atoms with E-state index < -0.39 is 8.60 Å². The molecule has 1 fully saturated rings. The van der Waals surface area contributed by atoms with E-state index in [9.17, 15) is 9.79 Å². The van der Waals surface area contributed by atoms with Gasteiger partial charge in [-0.25, -0.2) is 4.98 Å². The number of hydrogen-bond donors (Lipinski definition) is 3. The lowest BCUT2D eigenvalue weighted by atomic mass is 10.1. The quantitative estimate of drug-likeness (QED) is 0.592. The summed E-state index contributed by atoms with van der Waals surface area (Å²) in [6.07, 6.45) is 3.27. The van der Waals surface area contributed by atoms with Crippen LogP contribution in [-0.2, 0) is 4.74 Å². The predicted molar refractivity (Wildman–Crippen MR) is 96.7 cm³/mol. The fourth-order valence-corrected chi connectivity index (χ4v) is 3.40. The lowest BCUT2D eigenvalue weighted by molar-refractivity contribution is 0.0985. The van der Waals surface area contributed by atoms with E-state index in [-0.39, 0.29) is 6.04 Å². The molecule has 9 nitrogen and oxygen atoms in total. The SMILES string of the molecule is C[C@@H]1COCCN1c1cc(OP(O)O)c2ccnc(-c3ccn[nH]3)c2n1. The summed E-state index contributed by atoms with van der Waals surface area (Å²) in [6, 6.07) is 5.41. The smallest absolute Gasteiger partial charge is 0.391 e. The molecule has 0 aliphatic carbocycles. The van der Waals surface area contributed by atoms with Crippen LogP contribution in [0.3, 0.4) is 0 Å². The van der Waals surface area contributed by atoms with Gasteiger partial charge in [-0.05, 0) is 19.1 Å². The molecule has 0 bridgehead atoms. The van der Waals surface area contributed by atoms with Gasteiger partial charge in [0.2, 0.25) is 0 Å². The molecule has 0 aromatic carbocycles. The van der Waals surface area contributed by atoms with Crippen molar-refractivity contribution < 1.29 is 19.0 Å². The van der Waals surface area contributed by atoms with E-state index in [0.29, 0.717) is 47.9 Å². The van der Waals surface area contributed by atoms with Crippen molar-refractivity contribution in [3.05, 3.63) is 30.6 Å². The highest BCUT2D eigenvalue weighted by Gasteiger charge is 2.23. The maximum Gasteiger partial charge on any atom is 0.391 e. The molecule has 1 aliphatic rings. The summed E-state index contributed by atoms with van der Waals surface area (Å²) in [5.41, 5.74) is 1.93. The summed E-state index contributed by atoms with van der Waals surface area (Å²) in [7, 11) is -2.56. The molecular formula is C16H18N5O4P. The van der Waals surface area contributed by atoms with Gasteiger partial charge < -0.3 is 23.9 Å². The van der Waals surface area contributed by atoms with E-state index in [2.05, 4.69) is 27.0 Å². The van der Waals surface area contributed by atoms with Crippen molar-refractivity contribution in [3.63, 3.8) is 0 Å². The number of nitrogens with zero attached hydrogens (tertiary/aromatic N) is 4. The molecule has 3 aromatic heterocycles. The Morgan fingerprint density at radius 2 is 2.23 bits per heavy atom. The van der Waals surface area contributed by atoms with Crippen LogP contribution >= 0.6 is 8.60 Å². The van der Waals surface area contributed by atoms with Crippen molar-refractivity contribution in [2.75, 3.05) is 24.7 Å². The molecule has 0 amide bonds. The molecule has 136 valence electrons. The minimum Gasteiger partial charge on any atom is -0.426 e. The minimum absolute atomic E-state index is 0.138. The first-order valence-electron chi connectivity index (χ1n) is 8.13. The van der Waals surface area contributed by atoms with Crippen LogP contribution in [0.4, 0.5) is 5.82 Å². The van der Waals surface area contributed by atoms with Crippen LogP contribution < -0.4 is 9.42 Å². The lowest BCUT2D eigenvalue weighted by Crippen LogP contribution is -2.44. The summed E-state index contributed by atoms with van der Waals surface area (Å²) in [5, 5.41) is 7.51. The normalized spacial score (nSPS) is 17.8. The first kappa shape index (κ1) is 17.1. The monoisotopic (exact) mass is 375 g/mol. The Morgan fingerprint density at radius 1 is 1.35 bits per heavy atom. The number of hydrogen-bond acceptors (Lipinski definition) is 8. The van der Waals surface area contributed by atoms with Gasteiger partial charge in [0.05, 0.1) is 24.9 Å². The molecule has 1 atom stereocenters. The molecule has 1 aliphatic heterocycles. The molecular weight excluding hydrogens is 357 g/mol. The van der Waals surface area contributed by atoms with Gasteiger partial charge in [-0.15, -0.1) is 0 Å². The van der Waals surface area contributed by atoms with Gasteiger partial charge >= 0.3 is 8.60 Å². The largest absolute Gasteiger partial charge is 0.426 e. The Kier molecular flexibility index (Phi) is 4.69. The molecule has 0 radical (unpaired) electrons. The third kappa shape index (κ3) is 3.22. The zero-order valence-corrected chi connectivity index (χ0v) is 14.9. The molecule has 0 unspecified atom stereocenters. The number of rotatable bonds is 4. The fraction of sp³-hybridized carbons (Fsp3) is 0.312. The van der Waals surface area contributed by atoms with Crippen molar-refractivity contribution in [1.82, 2.24) is 20.2 Å². The molecule has 0 saturated carbocycles. The van der Waals surface area contributed by atoms with E-state index >= 15 is 0 Å². The number of morpholine rings is 1. The predicted octanol–water partition coefficient (Wildman–Crippen LogP) is 1.84. The van der Waals surface area contributed by atoms with Crippen LogP contribution in [-0.4, -0.2) is 55.8 Å². The number of ether oxygens (including phenoxy) is 1. The van der Waals surface area contributed by atoms with E-state index in [0.717, 1.165) is 5.69 Å². The van der Waals surface area contributed by atoms with Gasteiger partial charge in [-0.2, -0.15) is 5.10 Å². The molecule has 4 heterocycles. The van der Waals surface area contributed by atoms with Crippen LogP contribution in [0.2, 0.25) is 0 Å². The van der Waals surface area contributed by atoms with Crippen LogP contribution in [0, 0.1) is 0 Å². The van der Waals surface area contributed by atoms with Gasteiger partial charge in [0.25, 0.3) is 0 Å². The number of fused-ring (bicyclic) bond motifs is 1. The highest BCUT2D eigenvalue weighted by Crippen LogP contribution is 2.39. The Balaban J connectivity index is 1.91. The van der Waals surface area contributed by atoms with E-state index in [1.807, 2.05) is 0 Å². The second kappa shape index (κ2) is 7.13. The summed E-state index contributed by atoms with van der Waals surface area (Å²) < 4.78 is 10.8. The molecule has 10 heteroatoms. The fourth-order valence-electron chi connectivity index (χ4n) is 3.07. The number of anilines is 1. The van der Waals surface area contributed by atoms with Crippen molar-refractivity contribution in [2.24, 2.45) is 0 Å². The second-order valence-corrected chi connectivity index (χ2v) is 6.65. The summed E-state index contributed by atoms with van der Waals surface area (Å²) in [5.74, 6) is 1.02. The molecule has 26 heavy (non-hydrogen) atoms. The maximum absolute atomic E-state index is 9.38. The van der Waals surface area contributed by atoms with Gasteiger partial charge in [-0.1, -0.05) is 0 Å². The van der Waals surface area contributed by atoms with Crippen molar-refractivity contribution >= 4 is 25.3 Å². The van der Waals surface area contributed by atoms with Gasteiger partial charge in [0.15, 0.2) is 0 Å². The highest BCUT2D eigenvalue weighted by molar-refractivity contribution is 7.39. The average molecular weight is 375 g/mol. The number of nitrogens with one attached hydrogen (secondary N) is 1. The Hall–Kier alpha value is -2.32. The zero-order valence-electron chi connectivity index (χ0n) is 14.0. The first-order valence-corrected chi connectivity index (χ1v) is 9.30. The number of pyridine rings is 2. The Labute approximate surface area is 150 Å². The number of aromatic amines is 1. The number of aromatic nitrogens is 4. The molecule has 1 saturated heterocycles. The van der Waals surface area contributed by atoms with Crippen LogP contribution in [0.25, 0.3) is 22.3 Å². The van der Waals surface area contributed by atoms with Crippen molar-refractivity contribution in [2.45, 2.75) is 13.0 Å². The van der Waals surface area contributed by atoms with Gasteiger partial charge in [0.1, 0.15) is 22.8 Å². The third-order valence-electron chi connectivity index (χ3n) is 4.27. The third-order valence-corrected chi connectivity index (χ3v) is 4.63. The summed E-state index contributed by atoms with van der Waals surface area (Å²) >= 11 is 0. The molecule has 3 N–H and O–H groups in total. The standard InChI is InChI=1S/C16H18N5O4P/c1-10-9-24-7-6-21(10)14-8-13(25-26(22)23)11-2-4-17-16(15(11)19-14)12-3-5-18-20-12/h2-5,8,10,22-23H,6-7,9H2,1H3,(H,18,20)/t10-/m1/s1. The lowest BCUT2D eigenvalue weighted by Gasteiger charge is -2.34. The first-order chi connectivity index (χ1) is 12.6. The van der Waals surface area contributed by atoms with E-state index in [1.165, 1.54) is 0 Å². The van der Waals surface area contributed by atoms with Crippen LogP contribution in [0.5, 0.6) is 5.75 Å². The summed E-state index contributed by atoms with van der Waals surface area (Å²) in [6.45, 7) is 3.94. The van der Waals surface area contributed by atoms with E-state index in [4.69, 9.17) is 14.2 Å². The van der Waals surface area contributed by atoms with E-state index in [1.54, 1.807) is 30.6 Å². The van der Waals surface area contributed by atoms with Gasteiger partial charge in [0, 0.05) is 30.4 Å². The number of H-pyrrole nitrogens is 1. The molecule has 4 rings (SSSR count). The Morgan fingerprint density at radius 3 is 2.96 bits per heavy atom. The van der Waals surface area contributed by atoms with Crippen LogP contribution in [0.15, 0.2) is 30.6 Å². The molecule has 3 aromatic rings. The average Bonchev–Trinajstić information content (AvgIpc) is 3.15. The van der Waals surface area contributed by atoms with Crippen LogP contribution in [0.1, 0.15) is 6.92 Å². The second-order valence-electron chi connectivity index (χ2n) is 5.97.